The fraction of sp³-hybridized carbons (Fsp3) is 0.111. The maximum absolute atomic E-state index is 10.6. The molecule has 0 saturated heterocycles. The summed E-state index contributed by atoms with van der Waals surface area (Å²) in [5.41, 5.74) is 1.33. The largest absolute Gasteiger partial charge is 0.495 e. The second-order valence-electron chi connectivity index (χ2n) is 3.08. The molecule has 0 spiro atoms. The van der Waals surface area contributed by atoms with Crippen LogP contribution in [0.5, 0.6) is 5.88 Å². The number of aromatic hydroxyl groups is 1. The number of aryl methyl sites for hydroxylation is 1. The van der Waals surface area contributed by atoms with Crippen LogP contribution in [0.25, 0.3) is 10.9 Å². The minimum absolute atomic E-state index is 0.0172. The van der Waals surface area contributed by atoms with Crippen LogP contribution in [0.4, 0.5) is 5.69 Å². The summed E-state index contributed by atoms with van der Waals surface area (Å²) in [6.45, 7) is 1.66. The van der Waals surface area contributed by atoms with Gasteiger partial charge in [-0.25, -0.2) is 0 Å². The number of H-pyrrole nitrogens is 1. The lowest BCUT2D eigenvalue weighted by Crippen LogP contribution is -1.91. The number of nitro groups is 1. The number of aromatic amines is 1. The van der Waals surface area contributed by atoms with Gasteiger partial charge >= 0.3 is 0 Å². The number of nitro benzene ring substituents is 1. The second-order valence-corrected chi connectivity index (χ2v) is 3.08. The maximum Gasteiger partial charge on any atom is 0.273 e. The molecule has 2 aromatic rings. The highest BCUT2D eigenvalue weighted by atomic mass is 16.6. The van der Waals surface area contributed by atoms with Crippen molar-refractivity contribution in [2.75, 3.05) is 0 Å². The van der Waals surface area contributed by atoms with E-state index in [1.807, 2.05) is 0 Å². The number of nitrogens with one attached hydrogen (secondary N) is 1. The summed E-state index contributed by atoms with van der Waals surface area (Å²) < 4.78 is 0. The Morgan fingerprint density at radius 2 is 2.21 bits per heavy atom. The predicted octanol–water partition coefficient (Wildman–Crippen LogP) is 2.09. The predicted molar refractivity (Wildman–Crippen MR) is 51.4 cm³/mol. The molecule has 0 atom stereocenters. The Balaban J connectivity index is 2.80. The van der Waals surface area contributed by atoms with E-state index in [9.17, 15) is 15.2 Å². The lowest BCUT2D eigenvalue weighted by molar-refractivity contribution is -0.385. The van der Waals surface area contributed by atoms with E-state index >= 15 is 0 Å². The number of benzene rings is 1. The number of nitrogens with zero attached hydrogens (tertiary/aromatic N) is 1. The van der Waals surface area contributed by atoms with E-state index in [0.29, 0.717) is 16.5 Å². The summed E-state index contributed by atoms with van der Waals surface area (Å²) in [7, 11) is 0. The fourth-order valence-corrected chi connectivity index (χ4v) is 1.52. The van der Waals surface area contributed by atoms with E-state index in [4.69, 9.17) is 0 Å². The molecule has 0 aliphatic carbocycles. The second kappa shape index (κ2) is 2.73. The van der Waals surface area contributed by atoms with Gasteiger partial charge in [0.15, 0.2) is 5.88 Å². The van der Waals surface area contributed by atoms with E-state index in [1.165, 1.54) is 12.1 Å². The molecule has 0 aliphatic rings. The summed E-state index contributed by atoms with van der Waals surface area (Å²) in [5, 5.41) is 20.5. The first kappa shape index (κ1) is 8.55. The molecule has 2 rings (SSSR count). The molecule has 5 nitrogen and oxygen atoms in total. The van der Waals surface area contributed by atoms with Gasteiger partial charge in [0.05, 0.1) is 4.92 Å². The van der Waals surface area contributed by atoms with Crippen LogP contribution in [0.3, 0.4) is 0 Å². The molecule has 0 radical (unpaired) electrons. The minimum atomic E-state index is -0.432. The van der Waals surface area contributed by atoms with Gasteiger partial charge in [-0.05, 0) is 13.0 Å². The van der Waals surface area contributed by atoms with Crippen molar-refractivity contribution in [1.82, 2.24) is 4.98 Å². The van der Waals surface area contributed by atoms with Gasteiger partial charge < -0.3 is 10.1 Å². The van der Waals surface area contributed by atoms with Crippen molar-refractivity contribution in [3.05, 3.63) is 33.9 Å². The molecule has 72 valence electrons. The standard InChI is InChI=1S/C9H8N2O3/c1-5-6-4-9(12)10-7(6)2-3-8(5)11(13)14/h2-4,10,12H,1H3. The molecule has 0 unspecified atom stereocenters. The molecule has 1 aromatic heterocycles. The number of hydrogen-bond donors (Lipinski definition) is 2. The van der Waals surface area contributed by atoms with Crippen molar-refractivity contribution in [3.63, 3.8) is 0 Å². The Morgan fingerprint density at radius 1 is 1.50 bits per heavy atom. The van der Waals surface area contributed by atoms with Crippen LogP contribution in [0.2, 0.25) is 0 Å². The first-order chi connectivity index (χ1) is 6.59. The normalized spacial score (nSPS) is 10.6. The summed E-state index contributed by atoms with van der Waals surface area (Å²) in [5.74, 6) is 0.0172. The van der Waals surface area contributed by atoms with Crippen molar-refractivity contribution in [2.45, 2.75) is 6.92 Å². The van der Waals surface area contributed by atoms with E-state index < -0.39 is 4.92 Å². The monoisotopic (exact) mass is 192 g/mol. The van der Waals surface area contributed by atoms with Gasteiger partial charge in [-0.2, -0.15) is 0 Å². The fourth-order valence-electron chi connectivity index (χ4n) is 1.52. The lowest BCUT2D eigenvalue weighted by atomic mass is 10.1. The summed E-state index contributed by atoms with van der Waals surface area (Å²) in [6, 6.07) is 4.49. The summed E-state index contributed by atoms with van der Waals surface area (Å²) >= 11 is 0. The van der Waals surface area contributed by atoms with Crippen molar-refractivity contribution < 1.29 is 10.0 Å². The highest BCUT2D eigenvalue weighted by Gasteiger charge is 2.14. The van der Waals surface area contributed by atoms with Gasteiger partial charge in [-0.3, -0.25) is 10.1 Å². The minimum Gasteiger partial charge on any atom is -0.495 e. The van der Waals surface area contributed by atoms with Crippen LogP contribution in [-0.2, 0) is 0 Å². The van der Waals surface area contributed by atoms with Crippen LogP contribution in [0, 0.1) is 17.0 Å². The highest BCUT2D eigenvalue weighted by molar-refractivity contribution is 5.87. The molecule has 5 heteroatoms. The molecule has 2 N–H and O–H groups in total. The Morgan fingerprint density at radius 3 is 2.86 bits per heavy atom. The van der Waals surface area contributed by atoms with E-state index in [1.54, 1.807) is 13.0 Å². The van der Waals surface area contributed by atoms with Crippen molar-refractivity contribution in [3.8, 4) is 5.88 Å². The van der Waals surface area contributed by atoms with Crippen molar-refractivity contribution >= 4 is 16.6 Å². The van der Waals surface area contributed by atoms with Crippen LogP contribution >= 0.6 is 0 Å². The van der Waals surface area contributed by atoms with Gasteiger partial charge in [0.25, 0.3) is 5.69 Å². The van der Waals surface area contributed by atoms with E-state index in [-0.39, 0.29) is 11.6 Å². The maximum atomic E-state index is 10.6. The average Bonchev–Trinajstić information content (AvgIpc) is 2.46. The van der Waals surface area contributed by atoms with Gasteiger partial charge in [-0.15, -0.1) is 0 Å². The average molecular weight is 192 g/mol. The van der Waals surface area contributed by atoms with E-state index in [0.717, 1.165) is 0 Å². The molecule has 0 aliphatic heterocycles. The third-order valence-corrected chi connectivity index (χ3v) is 2.23. The molecule has 1 heterocycles. The molecule has 1 aromatic carbocycles. The number of hydrogen-bond acceptors (Lipinski definition) is 3. The Labute approximate surface area is 79.1 Å². The smallest absolute Gasteiger partial charge is 0.273 e. The van der Waals surface area contributed by atoms with Crippen LogP contribution in [0.1, 0.15) is 5.56 Å². The zero-order chi connectivity index (χ0) is 10.3. The third-order valence-electron chi connectivity index (χ3n) is 2.23. The van der Waals surface area contributed by atoms with Crippen LogP contribution < -0.4 is 0 Å². The topological polar surface area (TPSA) is 79.2 Å². The molecular formula is C9H8N2O3. The first-order valence-electron chi connectivity index (χ1n) is 4.05. The quantitative estimate of drug-likeness (QED) is 0.536. The van der Waals surface area contributed by atoms with E-state index in [2.05, 4.69) is 4.98 Å². The van der Waals surface area contributed by atoms with Crippen LogP contribution in [-0.4, -0.2) is 15.0 Å². The zero-order valence-corrected chi connectivity index (χ0v) is 7.44. The zero-order valence-electron chi connectivity index (χ0n) is 7.44. The van der Waals surface area contributed by atoms with Gasteiger partial charge in [-0.1, -0.05) is 0 Å². The SMILES string of the molecule is Cc1c([N+](=O)[O-])ccc2[nH]c(O)cc12. The molecular weight excluding hydrogens is 184 g/mol. The molecule has 14 heavy (non-hydrogen) atoms. The number of aromatic nitrogens is 1. The lowest BCUT2D eigenvalue weighted by Gasteiger charge is -1.97. The van der Waals surface area contributed by atoms with Crippen molar-refractivity contribution in [2.24, 2.45) is 0 Å². The molecule has 0 fully saturated rings. The molecule has 0 bridgehead atoms. The van der Waals surface area contributed by atoms with Crippen LogP contribution in [0.15, 0.2) is 18.2 Å². The molecule has 0 amide bonds. The Bertz CT molecular complexity index is 516. The third kappa shape index (κ3) is 1.10. The van der Waals surface area contributed by atoms with Crippen molar-refractivity contribution in [1.29, 1.82) is 0 Å². The van der Waals surface area contributed by atoms with Gasteiger partial charge in [0.1, 0.15) is 0 Å². The summed E-state index contributed by atoms with van der Waals surface area (Å²) in [4.78, 5) is 12.9. The summed E-state index contributed by atoms with van der Waals surface area (Å²) in [6.07, 6.45) is 0. The first-order valence-corrected chi connectivity index (χ1v) is 4.05. The molecule has 0 saturated carbocycles. The van der Waals surface area contributed by atoms with Gasteiger partial charge in [0, 0.05) is 28.6 Å². The number of rotatable bonds is 1. The Kier molecular flexibility index (Phi) is 1.67. The Hall–Kier alpha value is -2.04. The number of fused-ring (bicyclic) bond motifs is 1. The highest BCUT2D eigenvalue weighted by Crippen LogP contribution is 2.29. The van der Waals surface area contributed by atoms with Gasteiger partial charge in [0.2, 0.25) is 0 Å².